The molecule has 0 unspecified atom stereocenters. The number of aromatic nitrogens is 2. The molecule has 0 atom stereocenters. The Labute approximate surface area is 117 Å². The number of nitrogen functional groups attached to an aromatic ring is 1. The lowest BCUT2D eigenvalue weighted by molar-refractivity contribution is 0.275. The van der Waals surface area contributed by atoms with Crippen molar-refractivity contribution in [2.24, 2.45) is 12.8 Å². The van der Waals surface area contributed by atoms with Gasteiger partial charge in [-0.1, -0.05) is 0 Å². The molecule has 0 radical (unpaired) electrons. The molecule has 0 bridgehead atoms. The molecule has 3 N–H and O–H groups in total. The maximum atomic E-state index is 7.41. The van der Waals surface area contributed by atoms with Crippen LogP contribution >= 0.6 is 0 Å². The predicted molar refractivity (Wildman–Crippen MR) is 76.3 cm³/mol. The first-order chi connectivity index (χ1) is 9.51. The summed E-state index contributed by atoms with van der Waals surface area (Å²) in [6.45, 7) is 2.33. The summed E-state index contributed by atoms with van der Waals surface area (Å²) in [5.41, 5.74) is 7.97. The topological polar surface area (TPSA) is 86.2 Å². The van der Waals surface area contributed by atoms with Gasteiger partial charge in [0.15, 0.2) is 11.5 Å². The summed E-state index contributed by atoms with van der Waals surface area (Å²) in [5.74, 6) is 1.16. The minimum atomic E-state index is -0.00268. The smallest absolute Gasteiger partial charge is 0.161 e. The van der Waals surface area contributed by atoms with Crippen molar-refractivity contribution in [1.82, 2.24) is 9.78 Å². The number of nitrogens with one attached hydrogen (secondary N) is 1. The van der Waals surface area contributed by atoms with Gasteiger partial charge in [-0.3, -0.25) is 10.1 Å². The van der Waals surface area contributed by atoms with Gasteiger partial charge in [0.25, 0.3) is 0 Å². The fourth-order valence-electron chi connectivity index (χ4n) is 1.91. The Hall–Kier alpha value is -2.50. The van der Waals surface area contributed by atoms with Crippen LogP contribution < -0.4 is 15.2 Å². The lowest BCUT2D eigenvalue weighted by Gasteiger charge is -2.12. The normalized spacial score (nSPS) is 10.3. The predicted octanol–water partition coefficient (Wildman–Crippen LogP) is 1.60. The number of benzene rings is 1. The van der Waals surface area contributed by atoms with Crippen molar-refractivity contribution in [2.45, 2.75) is 13.5 Å². The maximum Gasteiger partial charge on any atom is 0.161 e. The number of nitrogens with zero attached hydrogens (tertiary/aromatic N) is 2. The zero-order valence-corrected chi connectivity index (χ0v) is 11.8. The van der Waals surface area contributed by atoms with E-state index in [1.807, 2.05) is 20.0 Å². The van der Waals surface area contributed by atoms with Crippen LogP contribution in [-0.4, -0.2) is 22.7 Å². The maximum absolute atomic E-state index is 7.41. The van der Waals surface area contributed by atoms with Crippen molar-refractivity contribution in [3.63, 3.8) is 0 Å². The lowest BCUT2D eigenvalue weighted by atomic mass is 10.2. The van der Waals surface area contributed by atoms with Gasteiger partial charge in [-0.25, -0.2) is 0 Å². The van der Waals surface area contributed by atoms with E-state index in [0.717, 1.165) is 11.4 Å². The van der Waals surface area contributed by atoms with Crippen molar-refractivity contribution in [2.75, 3.05) is 7.11 Å². The van der Waals surface area contributed by atoms with Crippen molar-refractivity contribution < 1.29 is 9.47 Å². The number of ether oxygens (including phenoxy) is 2. The standard InChI is InChI=1S/C14H18N4O2/c1-9-6-11(18(2)17-9)8-20-12-5-4-10(14(15)16)7-13(12)19-3/h4-7H,8H2,1-3H3,(H3,15,16). The average molecular weight is 274 g/mol. The molecular formula is C14H18N4O2. The van der Waals surface area contributed by atoms with E-state index in [1.165, 1.54) is 0 Å². The highest BCUT2D eigenvalue weighted by Crippen LogP contribution is 2.28. The number of hydrogen-bond acceptors (Lipinski definition) is 4. The lowest BCUT2D eigenvalue weighted by Crippen LogP contribution is -2.11. The average Bonchev–Trinajstić information content (AvgIpc) is 2.74. The molecule has 0 spiro atoms. The summed E-state index contributed by atoms with van der Waals surface area (Å²) in [6.07, 6.45) is 0. The second-order valence-corrected chi connectivity index (χ2v) is 4.47. The van der Waals surface area contributed by atoms with E-state index in [-0.39, 0.29) is 5.84 Å². The van der Waals surface area contributed by atoms with E-state index in [2.05, 4.69) is 5.10 Å². The van der Waals surface area contributed by atoms with Crippen LogP contribution in [0.1, 0.15) is 17.0 Å². The van der Waals surface area contributed by atoms with E-state index >= 15 is 0 Å². The largest absolute Gasteiger partial charge is 0.493 e. The Kier molecular flexibility index (Phi) is 3.93. The molecule has 2 rings (SSSR count). The second kappa shape index (κ2) is 5.64. The zero-order valence-electron chi connectivity index (χ0n) is 11.8. The number of aryl methyl sites for hydroxylation is 2. The van der Waals surface area contributed by atoms with Gasteiger partial charge in [0.2, 0.25) is 0 Å². The van der Waals surface area contributed by atoms with Crippen LogP contribution in [0.2, 0.25) is 0 Å². The van der Waals surface area contributed by atoms with E-state index in [0.29, 0.717) is 23.7 Å². The highest BCUT2D eigenvalue weighted by atomic mass is 16.5. The van der Waals surface area contributed by atoms with Gasteiger partial charge in [-0.05, 0) is 31.2 Å². The number of nitrogens with two attached hydrogens (primary N) is 1. The molecule has 1 aromatic heterocycles. The van der Waals surface area contributed by atoms with Gasteiger partial charge in [-0.15, -0.1) is 0 Å². The Balaban J connectivity index is 2.17. The first kappa shape index (κ1) is 13.9. The van der Waals surface area contributed by atoms with Gasteiger partial charge in [0.1, 0.15) is 12.4 Å². The van der Waals surface area contributed by atoms with Crippen LogP contribution in [0.15, 0.2) is 24.3 Å². The van der Waals surface area contributed by atoms with E-state index < -0.39 is 0 Å². The summed E-state index contributed by atoms with van der Waals surface area (Å²) in [5, 5.41) is 11.7. The van der Waals surface area contributed by atoms with Gasteiger partial charge >= 0.3 is 0 Å². The summed E-state index contributed by atoms with van der Waals surface area (Å²) in [7, 11) is 3.43. The monoisotopic (exact) mass is 274 g/mol. The van der Waals surface area contributed by atoms with Gasteiger partial charge in [-0.2, -0.15) is 5.10 Å². The van der Waals surface area contributed by atoms with Crippen LogP contribution in [0.4, 0.5) is 0 Å². The summed E-state index contributed by atoms with van der Waals surface area (Å²) in [6, 6.07) is 7.13. The number of hydrogen-bond donors (Lipinski definition) is 2. The third-order valence-electron chi connectivity index (χ3n) is 2.95. The molecule has 0 saturated heterocycles. The first-order valence-corrected chi connectivity index (χ1v) is 6.16. The summed E-state index contributed by atoms with van der Waals surface area (Å²) >= 11 is 0. The van der Waals surface area contributed by atoms with Crippen LogP contribution in [-0.2, 0) is 13.7 Å². The Morgan fingerprint density at radius 3 is 2.65 bits per heavy atom. The van der Waals surface area contributed by atoms with Gasteiger partial charge < -0.3 is 15.2 Å². The van der Waals surface area contributed by atoms with E-state index in [9.17, 15) is 0 Å². The Bertz CT molecular complexity index is 634. The molecule has 0 fully saturated rings. The molecule has 0 aliphatic rings. The molecule has 106 valence electrons. The van der Waals surface area contributed by atoms with Crippen molar-refractivity contribution in [1.29, 1.82) is 5.41 Å². The molecule has 0 saturated carbocycles. The fourth-order valence-corrected chi connectivity index (χ4v) is 1.91. The SMILES string of the molecule is COc1cc(C(=N)N)ccc1OCc1cc(C)nn1C. The minimum absolute atomic E-state index is 0.00268. The van der Waals surface area contributed by atoms with E-state index in [4.69, 9.17) is 20.6 Å². The Morgan fingerprint density at radius 2 is 2.10 bits per heavy atom. The highest BCUT2D eigenvalue weighted by molar-refractivity contribution is 5.95. The molecule has 2 aromatic rings. The minimum Gasteiger partial charge on any atom is -0.493 e. The molecule has 0 aliphatic carbocycles. The van der Waals surface area contributed by atoms with Crippen molar-refractivity contribution in [3.05, 3.63) is 41.2 Å². The van der Waals surface area contributed by atoms with Gasteiger partial charge in [0.05, 0.1) is 18.5 Å². The van der Waals surface area contributed by atoms with Crippen LogP contribution in [0.3, 0.4) is 0 Å². The van der Waals surface area contributed by atoms with Crippen LogP contribution in [0.25, 0.3) is 0 Å². The molecule has 6 nitrogen and oxygen atoms in total. The molecule has 0 amide bonds. The van der Waals surface area contributed by atoms with Crippen LogP contribution in [0.5, 0.6) is 11.5 Å². The summed E-state index contributed by atoms with van der Waals surface area (Å²) < 4.78 is 12.8. The molecular weight excluding hydrogens is 256 g/mol. The third kappa shape index (κ3) is 2.90. The van der Waals surface area contributed by atoms with Crippen LogP contribution in [0, 0.1) is 12.3 Å². The number of methoxy groups -OCH3 is 1. The molecule has 20 heavy (non-hydrogen) atoms. The molecule has 1 heterocycles. The second-order valence-electron chi connectivity index (χ2n) is 4.47. The quantitative estimate of drug-likeness (QED) is 0.640. The molecule has 1 aromatic carbocycles. The highest BCUT2D eigenvalue weighted by Gasteiger charge is 2.09. The molecule has 6 heteroatoms. The van der Waals surface area contributed by atoms with Crippen molar-refractivity contribution in [3.8, 4) is 11.5 Å². The Morgan fingerprint density at radius 1 is 1.35 bits per heavy atom. The van der Waals surface area contributed by atoms with E-state index in [1.54, 1.807) is 30.0 Å². The number of rotatable bonds is 5. The number of amidine groups is 1. The molecule has 0 aliphatic heterocycles. The third-order valence-corrected chi connectivity index (χ3v) is 2.95. The fraction of sp³-hybridized carbons (Fsp3) is 0.286. The zero-order chi connectivity index (χ0) is 14.7. The summed E-state index contributed by atoms with van der Waals surface area (Å²) in [4.78, 5) is 0. The van der Waals surface area contributed by atoms with Gasteiger partial charge in [0, 0.05) is 12.6 Å². The first-order valence-electron chi connectivity index (χ1n) is 6.16. The van der Waals surface area contributed by atoms with Crippen molar-refractivity contribution >= 4 is 5.84 Å².